The van der Waals surface area contributed by atoms with Crippen LogP contribution in [0.4, 0.5) is 0 Å². The zero-order valence-electron chi connectivity index (χ0n) is 11.4. The SMILES string of the molecule is O=C(O)/C=C1/C=C(C23CC4CC(CC(C4)C2)C3)CC1. The van der Waals surface area contributed by atoms with Gasteiger partial charge in [0.05, 0.1) is 0 Å². The summed E-state index contributed by atoms with van der Waals surface area (Å²) >= 11 is 0. The molecule has 0 aromatic heterocycles. The minimum Gasteiger partial charge on any atom is -0.478 e. The van der Waals surface area contributed by atoms with Gasteiger partial charge in [0.25, 0.3) is 0 Å². The van der Waals surface area contributed by atoms with E-state index in [0.717, 1.165) is 36.2 Å². The Morgan fingerprint density at radius 3 is 2.21 bits per heavy atom. The van der Waals surface area contributed by atoms with Crippen molar-refractivity contribution in [2.45, 2.75) is 51.4 Å². The van der Waals surface area contributed by atoms with E-state index in [1.54, 1.807) is 5.57 Å². The Morgan fingerprint density at radius 2 is 1.68 bits per heavy atom. The van der Waals surface area contributed by atoms with Crippen molar-refractivity contribution in [3.8, 4) is 0 Å². The lowest BCUT2D eigenvalue weighted by molar-refractivity contribution is -0.131. The van der Waals surface area contributed by atoms with Crippen LogP contribution >= 0.6 is 0 Å². The van der Waals surface area contributed by atoms with Crippen molar-refractivity contribution in [2.24, 2.45) is 23.2 Å². The zero-order valence-corrected chi connectivity index (χ0v) is 11.4. The molecule has 0 aromatic rings. The van der Waals surface area contributed by atoms with Crippen LogP contribution < -0.4 is 0 Å². The molecule has 0 unspecified atom stereocenters. The number of aliphatic carboxylic acids is 1. The highest BCUT2D eigenvalue weighted by atomic mass is 16.4. The number of hydrogen-bond acceptors (Lipinski definition) is 1. The van der Waals surface area contributed by atoms with Crippen LogP contribution in [0.2, 0.25) is 0 Å². The Bertz CT molecular complexity index is 448. The van der Waals surface area contributed by atoms with Crippen molar-refractivity contribution in [3.63, 3.8) is 0 Å². The van der Waals surface area contributed by atoms with Gasteiger partial charge in [0.1, 0.15) is 0 Å². The van der Waals surface area contributed by atoms with Gasteiger partial charge in [-0.15, -0.1) is 0 Å². The topological polar surface area (TPSA) is 37.3 Å². The van der Waals surface area contributed by atoms with Gasteiger partial charge in [-0.1, -0.05) is 11.6 Å². The quantitative estimate of drug-likeness (QED) is 0.762. The maximum absolute atomic E-state index is 10.8. The average molecular weight is 258 g/mol. The lowest BCUT2D eigenvalue weighted by atomic mass is 9.47. The van der Waals surface area contributed by atoms with Gasteiger partial charge >= 0.3 is 5.97 Å². The summed E-state index contributed by atoms with van der Waals surface area (Å²) in [6, 6.07) is 0. The smallest absolute Gasteiger partial charge is 0.328 e. The standard InChI is InChI=1S/C17H22O2/c18-16(19)7-11-1-2-15(6-11)17-8-12-3-13(9-17)5-14(4-12)10-17/h6-7,12-14H,1-5,8-10H2,(H,18,19)/b11-7+. The molecule has 0 radical (unpaired) electrons. The summed E-state index contributed by atoms with van der Waals surface area (Å²) in [4.78, 5) is 10.8. The summed E-state index contributed by atoms with van der Waals surface area (Å²) in [5.41, 5.74) is 3.11. The van der Waals surface area contributed by atoms with Crippen molar-refractivity contribution in [2.75, 3.05) is 0 Å². The second-order valence-electron chi connectivity index (χ2n) is 7.42. The first-order valence-corrected chi connectivity index (χ1v) is 7.77. The summed E-state index contributed by atoms with van der Waals surface area (Å²) < 4.78 is 0. The van der Waals surface area contributed by atoms with E-state index in [-0.39, 0.29) is 0 Å². The lowest BCUT2D eigenvalue weighted by Crippen LogP contribution is -2.46. The molecule has 0 aromatic carbocycles. The van der Waals surface area contributed by atoms with Crippen LogP contribution in [0.15, 0.2) is 23.3 Å². The largest absolute Gasteiger partial charge is 0.478 e. The van der Waals surface area contributed by atoms with Crippen LogP contribution in [0.25, 0.3) is 0 Å². The van der Waals surface area contributed by atoms with E-state index in [9.17, 15) is 4.79 Å². The minimum absolute atomic E-state index is 0.475. The maximum Gasteiger partial charge on any atom is 0.328 e. The summed E-state index contributed by atoms with van der Waals surface area (Å²) in [6.07, 6.45) is 14.3. The Morgan fingerprint density at radius 1 is 1.11 bits per heavy atom. The second kappa shape index (κ2) is 3.97. The predicted molar refractivity (Wildman–Crippen MR) is 73.6 cm³/mol. The fraction of sp³-hybridized carbons (Fsp3) is 0.706. The molecule has 2 nitrogen and oxygen atoms in total. The average Bonchev–Trinajstić information content (AvgIpc) is 2.75. The molecule has 0 aliphatic heterocycles. The third-order valence-electron chi connectivity index (χ3n) is 6.07. The molecule has 5 aliphatic rings. The number of carboxylic acid groups (broad SMARTS) is 1. The molecular weight excluding hydrogens is 236 g/mol. The van der Waals surface area contributed by atoms with Gasteiger partial charge < -0.3 is 5.11 Å². The van der Waals surface area contributed by atoms with E-state index in [4.69, 9.17) is 5.11 Å². The van der Waals surface area contributed by atoms with E-state index in [2.05, 4.69) is 6.08 Å². The Balaban J connectivity index is 1.64. The van der Waals surface area contributed by atoms with E-state index in [1.165, 1.54) is 44.6 Å². The molecule has 4 bridgehead atoms. The van der Waals surface area contributed by atoms with E-state index in [0.29, 0.717) is 5.41 Å². The Kier molecular flexibility index (Phi) is 2.46. The van der Waals surface area contributed by atoms with Crippen LogP contribution in [0.1, 0.15) is 51.4 Å². The number of rotatable bonds is 2. The first-order chi connectivity index (χ1) is 9.13. The van der Waals surface area contributed by atoms with Crippen LogP contribution in [0, 0.1) is 23.2 Å². The van der Waals surface area contributed by atoms with Crippen molar-refractivity contribution in [1.29, 1.82) is 0 Å². The summed E-state index contributed by atoms with van der Waals surface area (Å²) in [6.45, 7) is 0. The third kappa shape index (κ3) is 1.87. The zero-order chi connectivity index (χ0) is 13.0. The highest BCUT2D eigenvalue weighted by Gasteiger charge is 2.52. The van der Waals surface area contributed by atoms with E-state index >= 15 is 0 Å². The van der Waals surface area contributed by atoms with Crippen LogP contribution in [0.5, 0.6) is 0 Å². The van der Waals surface area contributed by atoms with Crippen LogP contribution in [0.3, 0.4) is 0 Å². The molecule has 5 aliphatic carbocycles. The molecule has 0 amide bonds. The molecule has 0 atom stereocenters. The second-order valence-corrected chi connectivity index (χ2v) is 7.42. The van der Waals surface area contributed by atoms with E-state index in [1.807, 2.05) is 0 Å². The van der Waals surface area contributed by atoms with E-state index < -0.39 is 5.97 Å². The minimum atomic E-state index is -0.794. The number of hydrogen-bond donors (Lipinski definition) is 1. The summed E-state index contributed by atoms with van der Waals surface area (Å²) in [5, 5.41) is 8.89. The van der Waals surface area contributed by atoms with Gasteiger partial charge in [-0.3, -0.25) is 0 Å². The van der Waals surface area contributed by atoms with Crippen molar-refractivity contribution >= 4 is 5.97 Å². The molecule has 0 spiro atoms. The molecule has 4 fully saturated rings. The fourth-order valence-corrected chi connectivity index (χ4v) is 5.84. The van der Waals surface area contributed by atoms with Crippen molar-refractivity contribution in [1.82, 2.24) is 0 Å². The molecular formula is C17H22O2. The Labute approximate surface area is 114 Å². The molecule has 0 saturated heterocycles. The lowest BCUT2D eigenvalue weighted by Gasteiger charge is -2.57. The highest BCUT2D eigenvalue weighted by Crippen LogP contribution is 2.64. The molecule has 19 heavy (non-hydrogen) atoms. The first kappa shape index (κ1) is 11.7. The maximum atomic E-state index is 10.8. The number of allylic oxidation sites excluding steroid dienone is 3. The van der Waals surface area contributed by atoms with Gasteiger partial charge in [-0.05, 0) is 80.1 Å². The molecule has 4 saturated carbocycles. The molecule has 2 heteroatoms. The predicted octanol–water partition coefficient (Wildman–Crippen LogP) is 3.93. The number of carbonyl (C=O) groups is 1. The van der Waals surface area contributed by atoms with Gasteiger partial charge in [-0.2, -0.15) is 0 Å². The monoisotopic (exact) mass is 258 g/mol. The van der Waals surface area contributed by atoms with Crippen LogP contribution in [-0.4, -0.2) is 11.1 Å². The van der Waals surface area contributed by atoms with Crippen molar-refractivity contribution < 1.29 is 9.90 Å². The van der Waals surface area contributed by atoms with Gasteiger partial charge in [0, 0.05) is 6.08 Å². The van der Waals surface area contributed by atoms with Crippen LogP contribution in [-0.2, 0) is 4.79 Å². The Hall–Kier alpha value is -1.05. The van der Waals surface area contributed by atoms with Gasteiger partial charge in [0.15, 0.2) is 0 Å². The third-order valence-corrected chi connectivity index (χ3v) is 6.07. The normalized spacial score (nSPS) is 45.8. The summed E-state index contributed by atoms with van der Waals surface area (Å²) in [5.74, 6) is 2.12. The molecule has 1 N–H and O–H groups in total. The van der Waals surface area contributed by atoms with Gasteiger partial charge in [-0.25, -0.2) is 4.79 Å². The first-order valence-electron chi connectivity index (χ1n) is 7.77. The number of carboxylic acids is 1. The molecule has 5 rings (SSSR count). The molecule has 102 valence electrons. The van der Waals surface area contributed by atoms with Gasteiger partial charge in [0.2, 0.25) is 0 Å². The summed E-state index contributed by atoms with van der Waals surface area (Å²) in [7, 11) is 0. The molecule has 0 heterocycles. The fourth-order valence-electron chi connectivity index (χ4n) is 5.84. The highest BCUT2D eigenvalue weighted by molar-refractivity contribution is 5.81. The van der Waals surface area contributed by atoms with Crippen molar-refractivity contribution in [3.05, 3.63) is 23.3 Å².